The number of rotatable bonds is 5. The lowest BCUT2D eigenvalue weighted by molar-refractivity contribution is 0.0746. The minimum Gasteiger partial charge on any atom is -0.378 e. The Bertz CT molecular complexity index is 365. The molecule has 0 aliphatic carbocycles. The fourth-order valence-electron chi connectivity index (χ4n) is 2.51. The van der Waals surface area contributed by atoms with Gasteiger partial charge in [-0.3, -0.25) is 4.90 Å². The molecule has 0 amide bonds. The van der Waals surface area contributed by atoms with Crippen molar-refractivity contribution in [3.63, 3.8) is 0 Å². The highest BCUT2D eigenvalue weighted by molar-refractivity contribution is 5.19. The maximum absolute atomic E-state index is 5.54. The Morgan fingerprint density at radius 2 is 2.17 bits per heavy atom. The Morgan fingerprint density at radius 1 is 1.39 bits per heavy atom. The summed E-state index contributed by atoms with van der Waals surface area (Å²) in [7, 11) is 2.16. The van der Waals surface area contributed by atoms with Crippen LogP contribution in [0.2, 0.25) is 0 Å². The molecule has 0 spiro atoms. The molecule has 2 heterocycles. The van der Waals surface area contributed by atoms with Gasteiger partial charge in [-0.15, -0.1) is 0 Å². The van der Waals surface area contributed by atoms with Crippen molar-refractivity contribution >= 4 is 0 Å². The number of aromatic nitrogens is 1. The van der Waals surface area contributed by atoms with Gasteiger partial charge in [0.1, 0.15) is 0 Å². The second kappa shape index (κ2) is 6.36. The standard InChI is InChI=1S/C14H25N3O/c1-4-17(5-2)10-12-6-7-14(16(12)3)13-11-18-9-8-15-13/h6-7,13,15H,4-5,8-11H2,1-3H3. The summed E-state index contributed by atoms with van der Waals surface area (Å²) < 4.78 is 7.85. The van der Waals surface area contributed by atoms with Gasteiger partial charge in [0.2, 0.25) is 0 Å². The van der Waals surface area contributed by atoms with Crippen LogP contribution in [0.15, 0.2) is 12.1 Å². The molecule has 1 saturated heterocycles. The molecule has 0 bridgehead atoms. The van der Waals surface area contributed by atoms with Gasteiger partial charge < -0.3 is 14.6 Å². The van der Waals surface area contributed by atoms with E-state index in [9.17, 15) is 0 Å². The van der Waals surface area contributed by atoms with Gasteiger partial charge in [-0.2, -0.15) is 0 Å². The lowest BCUT2D eigenvalue weighted by Gasteiger charge is -2.25. The summed E-state index contributed by atoms with van der Waals surface area (Å²) >= 11 is 0. The van der Waals surface area contributed by atoms with Gasteiger partial charge in [0.05, 0.1) is 19.3 Å². The highest BCUT2D eigenvalue weighted by Crippen LogP contribution is 2.19. The highest BCUT2D eigenvalue weighted by Gasteiger charge is 2.19. The molecule has 1 aliphatic heterocycles. The minimum absolute atomic E-state index is 0.342. The van der Waals surface area contributed by atoms with Crippen LogP contribution in [0.4, 0.5) is 0 Å². The zero-order valence-electron chi connectivity index (χ0n) is 11.8. The zero-order valence-corrected chi connectivity index (χ0v) is 11.8. The van der Waals surface area contributed by atoms with Crippen LogP contribution in [-0.2, 0) is 18.3 Å². The molecule has 1 aliphatic rings. The van der Waals surface area contributed by atoms with Crippen LogP contribution in [0.5, 0.6) is 0 Å². The maximum atomic E-state index is 5.54. The Morgan fingerprint density at radius 3 is 2.78 bits per heavy atom. The summed E-state index contributed by atoms with van der Waals surface area (Å²) in [5.74, 6) is 0. The van der Waals surface area contributed by atoms with E-state index in [1.54, 1.807) is 0 Å². The van der Waals surface area contributed by atoms with Gasteiger partial charge in [0.15, 0.2) is 0 Å². The van der Waals surface area contributed by atoms with Crippen LogP contribution in [0.1, 0.15) is 31.3 Å². The molecule has 1 fully saturated rings. The molecule has 102 valence electrons. The van der Waals surface area contributed by atoms with Gasteiger partial charge in [-0.1, -0.05) is 13.8 Å². The van der Waals surface area contributed by atoms with E-state index < -0.39 is 0 Å². The first kappa shape index (κ1) is 13.6. The van der Waals surface area contributed by atoms with Gasteiger partial charge in [-0.05, 0) is 25.2 Å². The number of hydrogen-bond acceptors (Lipinski definition) is 3. The summed E-state index contributed by atoms with van der Waals surface area (Å²) in [6, 6.07) is 4.81. The van der Waals surface area contributed by atoms with E-state index in [1.165, 1.54) is 11.4 Å². The smallest absolute Gasteiger partial charge is 0.0713 e. The van der Waals surface area contributed by atoms with Crippen LogP contribution in [0, 0.1) is 0 Å². The fraction of sp³-hybridized carbons (Fsp3) is 0.714. The molecule has 18 heavy (non-hydrogen) atoms. The van der Waals surface area contributed by atoms with Crippen LogP contribution >= 0.6 is 0 Å². The first-order valence-corrected chi connectivity index (χ1v) is 6.94. The van der Waals surface area contributed by atoms with Crippen molar-refractivity contribution in [2.45, 2.75) is 26.4 Å². The van der Waals surface area contributed by atoms with Crippen molar-refractivity contribution in [2.75, 3.05) is 32.8 Å². The van der Waals surface area contributed by atoms with Crippen LogP contribution < -0.4 is 5.32 Å². The zero-order chi connectivity index (χ0) is 13.0. The monoisotopic (exact) mass is 251 g/mol. The van der Waals surface area contributed by atoms with Crippen molar-refractivity contribution < 1.29 is 4.74 Å². The van der Waals surface area contributed by atoms with Crippen molar-refractivity contribution in [3.05, 3.63) is 23.5 Å². The normalized spacial score (nSPS) is 20.6. The van der Waals surface area contributed by atoms with E-state index in [2.05, 4.69) is 47.8 Å². The van der Waals surface area contributed by atoms with E-state index in [-0.39, 0.29) is 0 Å². The number of nitrogens with zero attached hydrogens (tertiary/aromatic N) is 2. The number of nitrogens with one attached hydrogen (secondary N) is 1. The maximum Gasteiger partial charge on any atom is 0.0713 e. The van der Waals surface area contributed by atoms with Crippen molar-refractivity contribution in [1.82, 2.24) is 14.8 Å². The third kappa shape index (κ3) is 2.94. The topological polar surface area (TPSA) is 29.4 Å². The Labute approximate surface area is 110 Å². The average Bonchev–Trinajstić information content (AvgIpc) is 2.78. The summed E-state index contributed by atoms with van der Waals surface area (Å²) in [6.07, 6.45) is 0. The molecule has 1 aromatic rings. The Kier molecular flexibility index (Phi) is 4.80. The molecule has 0 aromatic carbocycles. The summed E-state index contributed by atoms with van der Waals surface area (Å²) in [6.45, 7) is 10.2. The lowest BCUT2D eigenvalue weighted by Crippen LogP contribution is -2.35. The van der Waals surface area contributed by atoms with Gasteiger partial charge in [-0.25, -0.2) is 0 Å². The van der Waals surface area contributed by atoms with E-state index in [0.717, 1.165) is 39.4 Å². The number of hydrogen-bond donors (Lipinski definition) is 1. The van der Waals surface area contributed by atoms with E-state index in [0.29, 0.717) is 6.04 Å². The van der Waals surface area contributed by atoms with Crippen molar-refractivity contribution in [3.8, 4) is 0 Å². The SMILES string of the molecule is CCN(CC)Cc1ccc(C2COCCN2)n1C. The van der Waals surface area contributed by atoms with E-state index in [1.807, 2.05) is 0 Å². The van der Waals surface area contributed by atoms with E-state index >= 15 is 0 Å². The molecule has 1 atom stereocenters. The van der Waals surface area contributed by atoms with E-state index in [4.69, 9.17) is 4.74 Å². The van der Waals surface area contributed by atoms with Crippen LogP contribution in [-0.4, -0.2) is 42.3 Å². The minimum atomic E-state index is 0.342. The molecule has 4 heteroatoms. The molecule has 0 radical (unpaired) electrons. The summed E-state index contributed by atoms with van der Waals surface area (Å²) in [4.78, 5) is 2.43. The first-order valence-electron chi connectivity index (χ1n) is 6.94. The quantitative estimate of drug-likeness (QED) is 0.860. The second-order valence-corrected chi connectivity index (χ2v) is 4.85. The Balaban J connectivity index is 2.07. The van der Waals surface area contributed by atoms with Gasteiger partial charge in [0.25, 0.3) is 0 Å². The lowest BCUT2D eigenvalue weighted by atomic mass is 10.2. The second-order valence-electron chi connectivity index (χ2n) is 4.85. The molecule has 1 aromatic heterocycles. The molecular weight excluding hydrogens is 226 g/mol. The largest absolute Gasteiger partial charge is 0.378 e. The first-order chi connectivity index (χ1) is 8.76. The molecule has 2 rings (SSSR count). The number of morpholine rings is 1. The average molecular weight is 251 g/mol. The predicted octanol–water partition coefficient (Wildman–Crippen LogP) is 1.53. The highest BCUT2D eigenvalue weighted by atomic mass is 16.5. The van der Waals surface area contributed by atoms with Gasteiger partial charge in [0, 0.05) is 31.5 Å². The molecule has 4 nitrogen and oxygen atoms in total. The summed E-state index contributed by atoms with van der Waals surface area (Å²) in [5.41, 5.74) is 2.71. The van der Waals surface area contributed by atoms with Crippen LogP contribution in [0.3, 0.4) is 0 Å². The third-order valence-corrected chi connectivity index (χ3v) is 3.82. The summed E-state index contributed by atoms with van der Waals surface area (Å²) in [5, 5.41) is 3.51. The third-order valence-electron chi connectivity index (χ3n) is 3.82. The number of ether oxygens (including phenoxy) is 1. The Hall–Kier alpha value is -0.840. The van der Waals surface area contributed by atoms with Gasteiger partial charge >= 0.3 is 0 Å². The predicted molar refractivity (Wildman–Crippen MR) is 73.6 cm³/mol. The fourth-order valence-corrected chi connectivity index (χ4v) is 2.51. The molecule has 1 N–H and O–H groups in total. The van der Waals surface area contributed by atoms with Crippen molar-refractivity contribution in [2.24, 2.45) is 7.05 Å². The van der Waals surface area contributed by atoms with Crippen molar-refractivity contribution in [1.29, 1.82) is 0 Å². The molecular formula is C14H25N3O. The van der Waals surface area contributed by atoms with Crippen LogP contribution in [0.25, 0.3) is 0 Å². The molecule has 0 saturated carbocycles. The molecule has 1 unspecified atom stereocenters.